The minimum Gasteiger partial charge on any atom is -0.379 e. The van der Waals surface area contributed by atoms with Crippen LogP contribution in [0.4, 0.5) is 11.6 Å². The predicted octanol–water partition coefficient (Wildman–Crippen LogP) is 0.994. The van der Waals surface area contributed by atoms with Crippen LogP contribution in [0.25, 0.3) is 5.65 Å². The van der Waals surface area contributed by atoms with Gasteiger partial charge in [-0.3, -0.25) is 0 Å². The number of methoxy groups -OCH3 is 1. The van der Waals surface area contributed by atoms with Crippen molar-refractivity contribution < 1.29 is 4.74 Å². The normalized spacial score (nSPS) is 22.8. The summed E-state index contributed by atoms with van der Waals surface area (Å²) >= 11 is 0. The lowest BCUT2D eigenvalue weighted by Crippen LogP contribution is -2.30. The molecule has 0 aromatic carbocycles. The Morgan fingerprint density at radius 3 is 3.16 bits per heavy atom. The third-order valence-electron chi connectivity index (χ3n) is 3.60. The van der Waals surface area contributed by atoms with E-state index in [4.69, 9.17) is 10.6 Å². The Labute approximate surface area is 111 Å². The summed E-state index contributed by atoms with van der Waals surface area (Å²) in [5, 5.41) is 3.43. The zero-order valence-electron chi connectivity index (χ0n) is 10.8. The van der Waals surface area contributed by atoms with Crippen molar-refractivity contribution >= 4 is 17.3 Å². The van der Waals surface area contributed by atoms with Gasteiger partial charge in [-0.1, -0.05) is 0 Å². The molecule has 0 bridgehead atoms. The Kier molecular flexibility index (Phi) is 3.22. The summed E-state index contributed by atoms with van der Waals surface area (Å²) in [5.74, 6) is 6.77. The molecule has 0 amide bonds. The van der Waals surface area contributed by atoms with Crippen molar-refractivity contribution in [1.29, 1.82) is 0 Å². The van der Waals surface area contributed by atoms with E-state index in [2.05, 4.69) is 20.7 Å². The van der Waals surface area contributed by atoms with Crippen LogP contribution in [0, 0.1) is 0 Å². The SMILES string of the molecule is COC1CCCC1Nc1nc(NN)cn2ccnc12. The Morgan fingerprint density at radius 1 is 1.47 bits per heavy atom. The van der Waals surface area contributed by atoms with E-state index in [1.807, 2.05) is 10.6 Å². The monoisotopic (exact) mass is 262 g/mol. The molecule has 7 heteroatoms. The maximum absolute atomic E-state index is 5.49. The highest BCUT2D eigenvalue weighted by atomic mass is 16.5. The lowest BCUT2D eigenvalue weighted by Gasteiger charge is -2.20. The fourth-order valence-electron chi connectivity index (χ4n) is 2.65. The molecule has 2 aromatic heterocycles. The molecule has 2 heterocycles. The molecule has 2 unspecified atom stereocenters. The standard InChI is InChI=1S/C12H18N6O/c1-19-9-4-2-3-8(9)15-11-12-14-5-6-18(12)7-10(16-11)17-13/h5-9,17H,2-4,13H2,1H3,(H,15,16). The predicted molar refractivity (Wildman–Crippen MR) is 72.9 cm³/mol. The second-order valence-electron chi connectivity index (χ2n) is 4.73. The molecule has 1 aliphatic rings. The Balaban J connectivity index is 1.92. The molecule has 0 radical (unpaired) electrons. The first-order valence-corrected chi connectivity index (χ1v) is 6.41. The molecular weight excluding hydrogens is 244 g/mol. The Morgan fingerprint density at radius 2 is 2.37 bits per heavy atom. The first-order valence-electron chi connectivity index (χ1n) is 6.41. The summed E-state index contributed by atoms with van der Waals surface area (Å²) in [4.78, 5) is 8.75. The smallest absolute Gasteiger partial charge is 0.180 e. The molecule has 4 N–H and O–H groups in total. The number of nitrogen functional groups attached to an aromatic ring is 1. The number of anilines is 2. The largest absolute Gasteiger partial charge is 0.379 e. The van der Waals surface area contributed by atoms with Crippen molar-refractivity contribution in [3.8, 4) is 0 Å². The summed E-state index contributed by atoms with van der Waals surface area (Å²) in [6.07, 6.45) is 8.95. The number of hydrogen-bond donors (Lipinski definition) is 3. The molecule has 0 spiro atoms. The summed E-state index contributed by atoms with van der Waals surface area (Å²) < 4.78 is 7.38. The topological polar surface area (TPSA) is 89.5 Å². The van der Waals surface area contributed by atoms with Gasteiger partial charge in [0.15, 0.2) is 17.3 Å². The van der Waals surface area contributed by atoms with Crippen molar-refractivity contribution in [1.82, 2.24) is 14.4 Å². The van der Waals surface area contributed by atoms with Crippen molar-refractivity contribution in [3.63, 3.8) is 0 Å². The molecule has 1 saturated carbocycles. The molecule has 0 saturated heterocycles. The summed E-state index contributed by atoms with van der Waals surface area (Å²) in [6.45, 7) is 0. The molecule has 19 heavy (non-hydrogen) atoms. The number of nitrogens with one attached hydrogen (secondary N) is 2. The number of aromatic nitrogens is 3. The van der Waals surface area contributed by atoms with Gasteiger partial charge in [0.2, 0.25) is 0 Å². The summed E-state index contributed by atoms with van der Waals surface area (Å²) in [5.41, 5.74) is 3.36. The van der Waals surface area contributed by atoms with Crippen LogP contribution in [-0.2, 0) is 4.74 Å². The van der Waals surface area contributed by atoms with E-state index >= 15 is 0 Å². The lowest BCUT2D eigenvalue weighted by atomic mass is 10.2. The van der Waals surface area contributed by atoms with Gasteiger partial charge in [0, 0.05) is 19.5 Å². The first-order chi connectivity index (χ1) is 9.31. The zero-order chi connectivity index (χ0) is 13.2. The van der Waals surface area contributed by atoms with Gasteiger partial charge in [-0.2, -0.15) is 0 Å². The molecule has 1 aliphatic carbocycles. The molecule has 0 aliphatic heterocycles. The van der Waals surface area contributed by atoms with Crippen LogP contribution in [-0.4, -0.2) is 33.6 Å². The highest BCUT2D eigenvalue weighted by Gasteiger charge is 2.28. The number of ether oxygens (including phenoxy) is 1. The second-order valence-corrected chi connectivity index (χ2v) is 4.73. The van der Waals surface area contributed by atoms with Crippen LogP contribution in [0.3, 0.4) is 0 Å². The maximum Gasteiger partial charge on any atom is 0.180 e. The van der Waals surface area contributed by atoms with E-state index < -0.39 is 0 Å². The van der Waals surface area contributed by atoms with Crippen molar-refractivity contribution in [2.24, 2.45) is 5.84 Å². The van der Waals surface area contributed by atoms with Gasteiger partial charge >= 0.3 is 0 Å². The highest BCUT2D eigenvalue weighted by Crippen LogP contribution is 2.26. The molecule has 7 nitrogen and oxygen atoms in total. The fraction of sp³-hybridized carbons (Fsp3) is 0.500. The third kappa shape index (κ3) is 2.22. The number of hydrazine groups is 1. The van der Waals surface area contributed by atoms with Crippen molar-refractivity contribution in [2.75, 3.05) is 17.9 Å². The van der Waals surface area contributed by atoms with Gasteiger partial charge in [0.25, 0.3) is 0 Å². The van der Waals surface area contributed by atoms with Crippen LogP contribution in [0.1, 0.15) is 19.3 Å². The quantitative estimate of drug-likeness (QED) is 0.562. The number of rotatable bonds is 4. The van der Waals surface area contributed by atoms with E-state index in [0.717, 1.165) is 30.7 Å². The zero-order valence-corrected chi connectivity index (χ0v) is 10.8. The van der Waals surface area contributed by atoms with Gasteiger partial charge in [-0.05, 0) is 19.3 Å². The third-order valence-corrected chi connectivity index (χ3v) is 3.60. The van der Waals surface area contributed by atoms with Crippen molar-refractivity contribution in [2.45, 2.75) is 31.4 Å². The van der Waals surface area contributed by atoms with Gasteiger partial charge in [-0.25, -0.2) is 15.8 Å². The first kappa shape index (κ1) is 12.2. The van der Waals surface area contributed by atoms with Crippen LogP contribution in [0.5, 0.6) is 0 Å². The summed E-state index contributed by atoms with van der Waals surface area (Å²) in [7, 11) is 1.75. The van der Waals surface area contributed by atoms with Gasteiger partial charge in [0.1, 0.15) is 0 Å². The molecule has 2 aromatic rings. The fourth-order valence-corrected chi connectivity index (χ4v) is 2.65. The second kappa shape index (κ2) is 5.02. The number of hydrogen-bond acceptors (Lipinski definition) is 6. The highest BCUT2D eigenvalue weighted by molar-refractivity contribution is 5.65. The van der Waals surface area contributed by atoms with E-state index in [9.17, 15) is 0 Å². The van der Waals surface area contributed by atoms with E-state index in [1.54, 1.807) is 19.5 Å². The van der Waals surface area contributed by atoms with Gasteiger partial charge in [0.05, 0.1) is 18.3 Å². The van der Waals surface area contributed by atoms with Crippen LogP contribution in [0.2, 0.25) is 0 Å². The van der Waals surface area contributed by atoms with Crippen LogP contribution in [0.15, 0.2) is 18.6 Å². The minimum absolute atomic E-state index is 0.228. The number of fused-ring (bicyclic) bond motifs is 1. The van der Waals surface area contributed by atoms with Crippen LogP contribution >= 0.6 is 0 Å². The summed E-state index contributed by atoms with van der Waals surface area (Å²) in [6, 6.07) is 0.269. The average molecular weight is 262 g/mol. The minimum atomic E-state index is 0.228. The molecular formula is C12H18N6O. The average Bonchev–Trinajstić information content (AvgIpc) is 3.06. The molecule has 102 valence electrons. The Bertz CT molecular complexity index is 568. The maximum atomic E-state index is 5.49. The van der Waals surface area contributed by atoms with Gasteiger partial charge in [-0.15, -0.1) is 0 Å². The van der Waals surface area contributed by atoms with Crippen LogP contribution < -0.4 is 16.6 Å². The number of nitrogens with two attached hydrogens (primary N) is 1. The Hall–Kier alpha value is -1.86. The van der Waals surface area contributed by atoms with E-state index in [-0.39, 0.29) is 12.1 Å². The van der Waals surface area contributed by atoms with E-state index in [0.29, 0.717) is 5.82 Å². The molecule has 3 rings (SSSR count). The lowest BCUT2D eigenvalue weighted by molar-refractivity contribution is 0.101. The van der Waals surface area contributed by atoms with E-state index in [1.165, 1.54) is 0 Å². The molecule has 2 atom stereocenters. The number of nitrogens with zero attached hydrogens (tertiary/aromatic N) is 3. The molecule has 1 fully saturated rings. The van der Waals surface area contributed by atoms with Crippen molar-refractivity contribution in [3.05, 3.63) is 18.6 Å². The van der Waals surface area contributed by atoms with Gasteiger partial charge < -0.3 is 19.9 Å². The number of imidazole rings is 1.